The molecule has 2 aliphatic carbocycles. The molecule has 8 heteroatoms. The molecule has 2 aromatic rings. The maximum Gasteiger partial charge on any atom is 0.254 e. The molecule has 3 fully saturated rings. The van der Waals surface area contributed by atoms with Gasteiger partial charge in [0.1, 0.15) is 11.7 Å². The Balaban J connectivity index is 1.23. The number of carbonyl (C=O) groups is 1. The van der Waals surface area contributed by atoms with Gasteiger partial charge in [-0.15, -0.1) is 0 Å². The monoisotopic (exact) mass is 394 g/mol. The molecular weight excluding hydrogens is 372 g/mol. The van der Waals surface area contributed by atoms with E-state index < -0.39 is 0 Å². The van der Waals surface area contributed by atoms with Gasteiger partial charge in [-0.2, -0.15) is 4.37 Å². The van der Waals surface area contributed by atoms with Crippen LogP contribution >= 0.6 is 11.5 Å². The minimum absolute atomic E-state index is 0.0507. The van der Waals surface area contributed by atoms with Crippen molar-refractivity contribution in [1.29, 1.82) is 10.8 Å². The Morgan fingerprint density at radius 2 is 1.79 bits per heavy atom. The third-order valence-electron chi connectivity index (χ3n) is 5.61. The fraction of sp³-hybridized carbons (Fsp3) is 0.450. The number of nitrogens with one attached hydrogen (secondary N) is 2. The van der Waals surface area contributed by atoms with Crippen molar-refractivity contribution in [1.82, 2.24) is 19.2 Å². The largest absolute Gasteiger partial charge is 0.329 e. The summed E-state index contributed by atoms with van der Waals surface area (Å²) in [5.41, 5.74) is 1.98. The first-order valence-electron chi connectivity index (χ1n) is 9.77. The second-order valence-electron chi connectivity index (χ2n) is 7.80. The Hall–Kier alpha value is -2.61. The van der Waals surface area contributed by atoms with E-state index in [-0.39, 0.29) is 24.1 Å². The molecule has 1 saturated heterocycles. The lowest BCUT2D eigenvalue weighted by molar-refractivity contribution is 0.0757. The van der Waals surface area contributed by atoms with Crippen molar-refractivity contribution in [2.45, 2.75) is 37.5 Å². The molecule has 144 valence electrons. The van der Waals surface area contributed by atoms with Gasteiger partial charge in [0, 0.05) is 24.6 Å². The smallest absolute Gasteiger partial charge is 0.254 e. The highest BCUT2D eigenvalue weighted by atomic mass is 32.1. The number of hydrogen-bond acceptors (Lipinski definition) is 6. The van der Waals surface area contributed by atoms with E-state index in [1.165, 1.54) is 29.9 Å². The second kappa shape index (κ2) is 6.77. The molecule has 0 unspecified atom stereocenters. The highest BCUT2D eigenvalue weighted by Crippen LogP contribution is 2.40. The molecule has 7 nitrogen and oxygen atoms in total. The molecule has 2 heterocycles. The average molecular weight is 395 g/mol. The first-order valence-corrected chi connectivity index (χ1v) is 10.5. The molecule has 2 N–H and O–H groups in total. The van der Waals surface area contributed by atoms with Gasteiger partial charge in [0.25, 0.3) is 5.91 Å². The Labute approximate surface area is 167 Å². The Morgan fingerprint density at radius 1 is 1.07 bits per heavy atom. The van der Waals surface area contributed by atoms with E-state index in [9.17, 15) is 4.79 Å². The van der Waals surface area contributed by atoms with Crippen molar-refractivity contribution in [3.63, 3.8) is 0 Å². The van der Waals surface area contributed by atoms with E-state index in [0.29, 0.717) is 35.5 Å². The van der Waals surface area contributed by atoms with Crippen LogP contribution in [0.4, 0.5) is 0 Å². The maximum absolute atomic E-state index is 12.8. The van der Waals surface area contributed by atoms with Crippen LogP contribution in [0.25, 0.3) is 0 Å². The zero-order valence-corrected chi connectivity index (χ0v) is 16.3. The normalized spacial score (nSPS) is 19.8. The topological polar surface area (TPSA) is 97.0 Å². The number of amides is 1. The summed E-state index contributed by atoms with van der Waals surface area (Å²) in [6, 6.07) is 7.90. The molecule has 3 aliphatic rings. The number of carbonyl (C=O) groups excluding carboxylic acids is 1. The summed E-state index contributed by atoms with van der Waals surface area (Å²) in [6.07, 6.45) is 4.74. The summed E-state index contributed by atoms with van der Waals surface area (Å²) < 4.78 is 4.35. The van der Waals surface area contributed by atoms with Crippen LogP contribution in [0, 0.1) is 10.8 Å². The van der Waals surface area contributed by atoms with Gasteiger partial charge in [-0.3, -0.25) is 15.6 Å². The van der Waals surface area contributed by atoms with Crippen LogP contribution in [-0.4, -0.2) is 56.4 Å². The molecule has 1 aliphatic heterocycles. The van der Waals surface area contributed by atoms with Crippen LogP contribution in [0.2, 0.25) is 0 Å². The maximum atomic E-state index is 12.8. The predicted molar refractivity (Wildman–Crippen MR) is 107 cm³/mol. The van der Waals surface area contributed by atoms with Crippen LogP contribution in [0.1, 0.15) is 64.3 Å². The van der Waals surface area contributed by atoms with E-state index in [4.69, 9.17) is 10.8 Å². The fourth-order valence-electron chi connectivity index (χ4n) is 3.57. The Morgan fingerprint density at radius 3 is 2.43 bits per heavy atom. The lowest BCUT2D eigenvalue weighted by Gasteiger charge is -2.35. The van der Waals surface area contributed by atoms with Crippen molar-refractivity contribution >= 4 is 29.1 Å². The highest BCUT2D eigenvalue weighted by molar-refractivity contribution is 7.07. The second-order valence-corrected chi connectivity index (χ2v) is 8.55. The highest BCUT2D eigenvalue weighted by Gasteiger charge is 2.32. The van der Waals surface area contributed by atoms with Gasteiger partial charge < -0.3 is 9.80 Å². The summed E-state index contributed by atoms with van der Waals surface area (Å²) in [5, 5.41) is 17.3. The van der Waals surface area contributed by atoms with Crippen LogP contribution in [0.3, 0.4) is 0 Å². The molecule has 0 spiro atoms. The molecule has 0 atom stereocenters. The van der Waals surface area contributed by atoms with Crippen LogP contribution in [0.15, 0.2) is 24.3 Å². The molecule has 0 bridgehead atoms. The molecule has 1 aromatic carbocycles. The van der Waals surface area contributed by atoms with Gasteiger partial charge in [0.05, 0.1) is 6.54 Å². The number of amidine groups is 2. The first kappa shape index (κ1) is 17.5. The van der Waals surface area contributed by atoms with Crippen LogP contribution in [0.5, 0.6) is 0 Å². The van der Waals surface area contributed by atoms with E-state index in [1.54, 1.807) is 9.80 Å². The summed E-state index contributed by atoms with van der Waals surface area (Å²) in [6.45, 7) is 1.13. The number of hydrogen-bond donors (Lipinski definition) is 2. The van der Waals surface area contributed by atoms with E-state index in [1.807, 2.05) is 12.1 Å². The van der Waals surface area contributed by atoms with Gasteiger partial charge in [-0.05, 0) is 60.8 Å². The van der Waals surface area contributed by atoms with Crippen LogP contribution in [-0.2, 0) is 0 Å². The average Bonchev–Trinajstić information content (AvgIpc) is 3.65. The van der Waals surface area contributed by atoms with Gasteiger partial charge in [0.15, 0.2) is 10.8 Å². The molecule has 5 rings (SSSR count). The molecular formula is C20H22N6OS. The van der Waals surface area contributed by atoms with Crippen molar-refractivity contribution in [2.75, 3.05) is 19.6 Å². The van der Waals surface area contributed by atoms with Gasteiger partial charge in [-0.1, -0.05) is 12.1 Å². The van der Waals surface area contributed by atoms with E-state index in [2.05, 4.69) is 21.5 Å². The Bertz CT molecular complexity index is 944. The third kappa shape index (κ3) is 3.32. The van der Waals surface area contributed by atoms with Crippen molar-refractivity contribution in [3.05, 3.63) is 46.2 Å². The SMILES string of the molecule is N=C1CN(C(=O)c2ccc(C3CC3)cc2)CCN1C(=N)c1nc(C2CC2)ns1. The number of benzene rings is 1. The van der Waals surface area contributed by atoms with Crippen molar-refractivity contribution in [3.8, 4) is 0 Å². The first-order chi connectivity index (χ1) is 13.6. The third-order valence-corrected chi connectivity index (χ3v) is 6.35. The fourth-order valence-corrected chi connectivity index (χ4v) is 4.27. The minimum atomic E-state index is -0.0507. The lowest BCUT2D eigenvalue weighted by atomic mass is 10.1. The van der Waals surface area contributed by atoms with Gasteiger partial charge >= 0.3 is 0 Å². The minimum Gasteiger partial charge on any atom is -0.329 e. The number of aromatic nitrogens is 2. The van der Waals surface area contributed by atoms with Crippen molar-refractivity contribution < 1.29 is 4.79 Å². The van der Waals surface area contributed by atoms with Gasteiger partial charge in [-0.25, -0.2) is 4.98 Å². The standard InChI is InChI=1S/C20H22N6OS/c21-16-11-25(20(27)15-7-3-13(4-8-15)12-1-2-12)9-10-26(16)17(22)19-23-18(24-28-19)14-5-6-14/h3-4,7-8,12,14,21-22H,1-2,5-6,9-11H2. The zero-order valence-electron chi connectivity index (χ0n) is 15.5. The number of rotatable bonds is 4. The molecule has 0 radical (unpaired) electrons. The number of piperazine rings is 1. The van der Waals surface area contributed by atoms with E-state index in [0.717, 1.165) is 18.7 Å². The summed E-state index contributed by atoms with van der Waals surface area (Å²) in [7, 11) is 0. The van der Waals surface area contributed by atoms with E-state index >= 15 is 0 Å². The lowest BCUT2D eigenvalue weighted by Crippen LogP contribution is -2.53. The molecule has 1 aromatic heterocycles. The van der Waals surface area contributed by atoms with Crippen LogP contribution < -0.4 is 0 Å². The van der Waals surface area contributed by atoms with Gasteiger partial charge in [0.2, 0.25) is 0 Å². The zero-order chi connectivity index (χ0) is 19.3. The van der Waals surface area contributed by atoms with Crippen molar-refractivity contribution in [2.24, 2.45) is 0 Å². The molecule has 28 heavy (non-hydrogen) atoms. The quantitative estimate of drug-likeness (QED) is 0.615. The summed E-state index contributed by atoms with van der Waals surface area (Å²) in [5.74, 6) is 2.38. The predicted octanol–water partition coefficient (Wildman–Crippen LogP) is 3.05. The number of nitrogens with zero attached hydrogens (tertiary/aromatic N) is 4. The Kier molecular flexibility index (Phi) is 4.23. The molecule has 2 saturated carbocycles. The summed E-state index contributed by atoms with van der Waals surface area (Å²) in [4.78, 5) is 20.6. The molecule has 1 amide bonds. The summed E-state index contributed by atoms with van der Waals surface area (Å²) >= 11 is 1.23.